The predicted octanol–water partition coefficient (Wildman–Crippen LogP) is 5.14. The number of carbonyl (C=O) groups is 1. The highest BCUT2D eigenvalue weighted by Gasteiger charge is 2.18. The van der Waals surface area contributed by atoms with Crippen molar-refractivity contribution in [3.05, 3.63) is 77.3 Å². The second-order valence-electron chi connectivity index (χ2n) is 6.84. The normalized spacial score (nSPS) is 11.6. The zero-order valence-corrected chi connectivity index (χ0v) is 18.8. The highest BCUT2D eigenvalue weighted by Crippen LogP contribution is 2.26. The van der Waals surface area contributed by atoms with Gasteiger partial charge in [-0.05, 0) is 37.0 Å². The van der Waals surface area contributed by atoms with Crippen molar-refractivity contribution in [3.63, 3.8) is 0 Å². The number of benzene rings is 2. The van der Waals surface area contributed by atoms with E-state index in [1.807, 2.05) is 66.0 Å². The van der Waals surface area contributed by atoms with Crippen LogP contribution in [0, 0.1) is 0 Å². The van der Waals surface area contributed by atoms with Gasteiger partial charge in [-0.15, -0.1) is 11.3 Å². The Morgan fingerprint density at radius 1 is 1.10 bits per heavy atom. The first kappa shape index (κ1) is 23.1. The lowest BCUT2D eigenvalue weighted by Crippen LogP contribution is -2.29. The van der Waals surface area contributed by atoms with Crippen molar-refractivity contribution in [2.24, 2.45) is 5.14 Å². The Labute approximate surface area is 191 Å². The SMILES string of the molecule is NSNCCCCC(NC(=O)OCc1ccccc1)c1csc(Nc2ccccc2)n1. The van der Waals surface area contributed by atoms with Gasteiger partial charge in [-0.1, -0.05) is 48.5 Å². The molecule has 3 aromatic rings. The van der Waals surface area contributed by atoms with Crippen molar-refractivity contribution in [2.45, 2.75) is 31.9 Å². The number of nitrogens with zero attached hydrogens (tertiary/aromatic N) is 1. The van der Waals surface area contributed by atoms with E-state index < -0.39 is 6.09 Å². The van der Waals surface area contributed by atoms with Crippen LogP contribution in [0.4, 0.5) is 15.6 Å². The van der Waals surface area contributed by atoms with Crippen molar-refractivity contribution >= 4 is 40.4 Å². The first-order valence-corrected chi connectivity index (χ1v) is 11.8. The Kier molecular flexibility index (Phi) is 9.65. The molecule has 0 bridgehead atoms. The van der Waals surface area contributed by atoms with Crippen LogP contribution >= 0.6 is 23.5 Å². The number of unbranched alkanes of at least 4 members (excludes halogenated alkanes) is 1. The zero-order chi connectivity index (χ0) is 21.7. The molecule has 164 valence electrons. The molecule has 0 radical (unpaired) electrons. The van der Waals surface area contributed by atoms with Gasteiger partial charge in [0.25, 0.3) is 0 Å². The van der Waals surface area contributed by atoms with Gasteiger partial charge in [0.15, 0.2) is 5.13 Å². The van der Waals surface area contributed by atoms with E-state index in [0.717, 1.165) is 60.0 Å². The Morgan fingerprint density at radius 3 is 2.58 bits per heavy atom. The minimum Gasteiger partial charge on any atom is -0.445 e. The summed E-state index contributed by atoms with van der Waals surface area (Å²) in [5.41, 5.74) is 2.74. The molecule has 7 nitrogen and oxygen atoms in total. The molecule has 0 spiro atoms. The third kappa shape index (κ3) is 8.22. The zero-order valence-electron chi connectivity index (χ0n) is 17.1. The highest BCUT2D eigenvalue weighted by molar-refractivity contribution is 7.95. The molecule has 0 saturated carbocycles. The first-order chi connectivity index (χ1) is 15.2. The van der Waals surface area contributed by atoms with E-state index in [0.29, 0.717) is 0 Å². The molecule has 1 heterocycles. The predicted molar refractivity (Wildman–Crippen MR) is 128 cm³/mol. The minimum absolute atomic E-state index is 0.226. The topological polar surface area (TPSA) is 101 Å². The fourth-order valence-electron chi connectivity index (χ4n) is 2.95. The minimum atomic E-state index is -0.449. The number of aromatic nitrogens is 1. The number of thiazole rings is 1. The van der Waals surface area contributed by atoms with Crippen molar-refractivity contribution in [1.82, 2.24) is 15.0 Å². The molecule has 1 aromatic heterocycles. The maximum absolute atomic E-state index is 12.4. The monoisotopic (exact) mass is 457 g/mol. The summed E-state index contributed by atoms with van der Waals surface area (Å²) < 4.78 is 8.44. The van der Waals surface area contributed by atoms with Gasteiger partial charge < -0.3 is 15.4 Å². The van der Waals surface area contributed by atoms with Crippen LogP contribution in [0.3, 0.4) is 0 Å². The van der Waals surface area contributed by atoms with Gasteiger partial charge >= 0.3 is 6.09 Å². The summed E-state index contributed by atoms with van der Waals surface area (Å²) in [6.07, 6.45) is 2.16. The summed E-state index contributed by atoms with van der Waals surface area (Å²) in [6, 6.07) is 19.3. The summed E-state index contributed by atoms with van der Waals surface area (Å²) >= 11 is 2.63. The van der Waals surface area contributed by atoms with Crippen LogP contribution in [-0.2, 0) is 11.3 Å². The van der Waals surface area contributed by atoms with E-state index in [9.17, 15) is 4.79 Å². The van der Waals surface area contributed by atoms with Crippen LogP contribution in [0.1, 0.15) is 36.6 Å². The van der Waals surface area contributed by atoms with Gasteiger partial charge in [0, 0.05) is 29.7 Å². The first-order valence-electron chi connectivity index (χ1n) is 10.1. The lowest BCUT2D eigenvalue weighted by Gasteiger charge is -2.17. The number of alkyl carbamates (subject to hydrolysis) is 1. The molecule has 31 heavy (non-hydrogen) atoms. The van der Waals surface area contributed by atoms with E-state index in [-0.39, 0.29) is 12.6 Å². The maximum atomic E-state index is 12.4. The number of amides is 1. The molecular formula is C22H27N5O2S2. The molecule has 5 N–H and O–H groups in total. The third-order valence-electron chi connectivity index (χ3n) is 4.51. The molecule has 0 aliphatic rings. The van der Waals surface area contributed by atoms with Gasteiger partial charge in [-0.2, -0.15) is 0 Å². The molecule has 0 aliphatic carbocycles. The molecule has 1 amide bonds. The van der Waals surface area contributed by atoms with Crippen LogP contribution < -0.4 is 20.5 Å². The number of rotatable bonds is 12. The summed E-state index contributed by atoms with van der Waals surface area (Å²) in [5, 5.41) is 14.4. The quantitative estimate of drug-likeness (QED) is 0.221. The molecular weight excluding hydrogens is 430 g/mol. The van der Waals surface area contributed by atoms with Gasteiger partial charge in [-0.3, -0.25) is 9.86 Å². The molecule has 1 unspecified atom stereocenters. The highest BCUT2D eigenvalue weighted by atomic mass is 32.2. The average molecular weight is 458 g/mol. The van der Waals surface area contributed by atoms with Crippen molar-refractivity contribution in [2.75, 3.05) is 11.9 Å². The molecule has 9 heteroatoms. The molecule has 0 aliphatic heterocycles. The van der Waals surface area contributed by atoms with E-state index in [1.165, 1.54) is 11.3 Å². The number of nitrogens with one attached hydrogen (secondary N) is 3. The fraction of sp³-hybridized carbons (Fsp3) is 0.273. The van der Waals surface area contributed by atoms with Crippen molar-refractivity contribution in [1.29, 1.82) is 0 Å². The summed E-state index contributed by atoms with van der Waals surface area (Å²) in [5.74, 6) is 0. The second kappa shape index (κ2) is 13.0. The summed E-state index contributed by atoms with van der Waals surface area (Å²) in [7, 11) is 0. The second-order valence-corrected chi connectivity index (χ2v) is 8.22. The number of hydrogen-bond donors (Lipinski definition) is 4. The summed E-state index contributed by atoms with van der Waals surface area (Å²) in [6.45, 7) is 1.04. The van der Waals surface area contributed by atoms with Crippen molar-refractivity contribution in [3.8, 4) is 0 Å². The Bertz CT molecular complexity index is 909. The maximum Gasteiger partial charge on any atom is 0.408 e. The van der Waals surface area contributed by atoms with E-state index in [1.54, 1.807) is 0 Å². The van der Waals surface area contributed by atoms with Gasteiger partial charge in [-0.25, -0.2) is 9.78 Å². The van der Waals surface area contributed by atoms with E-state index in [4.69, 9.17) is 9.88 Å². The van der Waals surface area contributed by atoms with Crippen LogP contribution in [-0.4, -0.2) is 17.6 Å². The van der Waals surface area contributed by atoms with Crippen LogP contribution in [0.5, 0.6) is 0 Å². The molecule has 0 fully saturated rings. The number of para-hydroxylation sites is 1. The number of carbonyl (C=O) groups excluding carboxylic acids is 1. The lowest BCUT2D eigenvalue weighted by atomic mass is 10.1. The van der Waals surface area contributed by atoms with Crippen LogP contribution in [0.25, 0.3) is 0 Å². The Balaban J connectivity index is 1.59. The van der Waals surface area contributed by atoms with Gasteiger partial charge in [0.2, 0.25) is 0 Å². The van der Waals surface area contributed by atoms with Crippen LogP contribution in [0.15, 0.2) is 66.0 Å². The van der Waals surface area contributed by atoms with Gasteiger partial charge in [0.05, 0.1) is 11.7 Å². The van der Waals surface area contributed by atoms with Crippen LogP contribution in [0.2, 0.25) is 0 Å². The smallest absolute Gasteiger partial charge is 0.408 e. The molecule has 0 saturated heterocycles. The van der Waals surface area contributed by atoms with E-state index in [2.05, 4.69) is 20.3 Å². The number of nitrogens with two attached hydrogens (primary N) is 1. The fourth-order valence-corrected chi connectivity index (χ4v) is 4.00. The number of anilines is 2. The molecule has 2 aromatic carbocycles. The largest absolute Gasteiger partial charge is 0.445 e. The Morgan fingerprint density at radius 2 is 1.84 bits per heavy atom. The lowest BCUT2D eigenvalue weighted by molar-refractivity contribution is 0.134. The standard InChI is InChI=1S/C22H27N5O2S2/c23-31-24-14-8-7-13-19(27-22(28)29-15-17-9-3-1-4-10-17)20-16-30-21(26-20)25-18-11-5-2-6-12-18/h1-6,9-12,16,19,24H,7-8,13-15,23H2,(H,25,26)(H,27,28). The Hall–Kier alpha value is -2.59. The van der Waals surface area contributed by atoms with Crippen molar-refractivity contribution < 1.29 is 9.53 Å². The molecule has 3 rings (SSSR count). The van der Waals surface area contributed by atoms with E-state index >= 15 is 0 Å². The van der Waals surface area contributed by atoms with Gasteiger partial charge in [0.1, 0.15) is 6.61 Å². The number of hydrogen-bond acceptors (Lipinski definition) is 8. The summed E-state index contributed by atoms with van der Waals surface area (Å²) in [4.78, 5) is 17.1. The molecule has 1 atom stereocenters. The third-order valence-corrected chi connectivity index (χ3v) is 5.66. The average Bonchev–Trinajstić information content (AvgIpc) is 3.26. The number of ether oxygens (including phenoxy) is 1.